The first-order valence-corrected chi connectivity index (χ1v) is 12.2. The number of carbonyl (C=O) groups is 4. The van der Waals surface area contributed by atoms with Crippen LogP contribution >= 0.6 is 11.6 Å². The van der Waals surface area contributed by atoms with Gasteiger partial charge in [0.05, 0.1) is 23.6 Å². The van der Waals surface area contributed by atoms with Gasteiger partial charge in [0.15, 0.2) is 5.78 Å². The number of benzene rings is 3. The van der Waals surface area contributed by atoms with Gasteiger partial charge in [0.2, 0.25) is 11.8 Å². The summed E-state index contributed by atoms with van der Waals surface area (Å²) in [5.41, 5.74) is 2.64. The standard InChI is InChI=1S/C29H21ClN2O5/c1-16(33)37-21-12-6-18(7-13-21)27(34)26-24-23(25-22-5-3-2-4-17(22)14-15-31(25)26)28(35)32(29(24)36)20-10-8-19(30)9-11-20/h2-15,23-26H,1H3/t23-,24+,25+,26+/m0/s1. The SMILES string of the molecule is CC(=O)Oc1ccc(C(=O)[C@H]2[C@@H]3C(=O)N(c4ccc(Cl)cc4)C(=O)[C@@H]3[C@H]3c4ccccc4C=CN32)cc1. The number of ether oxygens (including phenoxy) is 1. The van der Waals surface area contributed by atoms with Crippen molar-refractivity contribution in [2.45, 2.75) is 19.0 Å². The lowest BCUT2D eigenvalue weighted by atomic mass is 9.83. The van der Waals surface area contributed by atoms with Gasteiger partial charge in [-0.25, -0.2) is 4.90 Å². The van der Waals surface area contributed by atoms with Crippen LogP contribution in [0.4, 0.5) is 5.69 Å². The molecule has 0 aliphatic carbocycles. The van der Waals surface area contributed by atoms with Gasteiger partial charge >= 0.3 is 5.97 Å². The number of halogens is 1. The number of esters is 1. The largest absolute Gasteiger partial charge is 0.427 e. The minimum Gasteiger partial charge on any atom is -0.427 e. The number of carbonyl (C=O) groups excluding carboxylic acids is 4. The van der Waals surface area contributed by atoms with Gasteiger partial charge in [-0.15, -0.1) is 0 Å². The maximum atomic E-state index is 13.9. The zero-order chi connectivity index (χ0) is 25.8. The molecule has 0 radical (unpaired) electrons. The lowest BCUT2D eigenvalue weighted by Gasteiger charge is -2.35. The van der Waals surface area contributed by atoms with Gasteiger partial charge in [-0.2, -0.15) is 0 Å². The van der Waals surface area contributed by atoms with Crippen LogP contribution in [0.1, 0.15) is 34.5 Å². The zero-order valence-electron chi connectivity index (χ0n) is 19.7. The summed E-state index contributed by atoms with van der Waals surface area (Å²) in [4.78, 5) is 56.0. The molecule has 2 amide bonds. The van der Waals surface area contributed by atoms with Gasteiger partial charge < -0.3 is 9.64 Å². The number of anilines is 1. The van der Waals surface area contributed by atoms with E-state index in [1.54, 1.807) is 48.5 Å². The van der Waals surface area contributed by atoms with Crippen molar-refractivity contribution < 1.29 is 23.9 Å². The molecule has 3 aliphatic heterocycles. The van der Waals surface area contributed by atoms with Crippen LogP contribution in [0.25, 0.3) is 6.08 Å². The third-order valence-corrected chi connectivity index (χ3v) is 7.47. The van der Waals surface area contributed by atoms with Gasteiger partial charge in [0.25, 0.3) is 0 Å². The van der Waals surface area contributed by atoms with E-state index in [2.05, 4.69) is 0 Å². The fourth-order valence-electron chi connectivity index (χ4n) is 5.73. The molecule has 0 bridgehead atoms. The molecule has 0 unspecified atom stereocenters. The second kappa shape index (κ2) is 8.71. The van der Waals surface area contributed by atoms with E-state index in [4.69, 9.17) is 16.3 Å². The second-order valence-electron chi connectivity index (χ2n) is 9.30. The second-order valence-corrected chi connectivity index (χ2v) is 9.74. The lowest BCUT2D eigenvalue weighted by Crippen LogP contribution is -2.44. The van der Waals surface area contributed by atoms with Crippen LogP contribution in [-0.4, -0.2) is 34.5 Å². The molecular weight excluding hydrogens is 492 g/mol. The topological polar surface area (TPSA) is 84.0 Å². The summed E-state index contributed by atoms with van der Waals surface area (Å²) in [6.07, 6.45) is 3.72. The van der Waals surface area contributed by atoms with Crippen molar-refractivity contribution in [1.82, 2.24) is 4.90 Å². The Morgan fingerprint density at radius 3 is 2.24 bits per heavy atom. The normalized spacial score (nSPS) is 23.5. The van der Waals surface area contributed by atoms with Gasteiger partial charge in [-0.1, -0.05) is 35.9 Å². The lowest BCUT2D eigenvalue weighted by molar-refractivity contribution is -0.132. The summed E-state index contributed by atoms with van der Waals surface area (Å²) in [6.45, 7) is 1.30. The van der Waals surface area contributed by atoms with E-state index in [1.807, 2.05) is 41.4 Å². The molecular formula is C29H21ClN2O5. The molecule has 3 aromatic rings. The summed E-state index contributed by atoms with van der Waals surface area (Å²) in [7, 11) is 0. The number of imide groups is 1. The van der Waals surface area contributed by atoms with E-state index in [1.165, 1.54) is 11.8 Å². The van der Waals surface area contributed by atoms with Crippen molar-refractivity contribution in [3.8, 4) is 5.75 Å². The Hall–Kier alpha value is -4.23. The van der Waals surface area contributed by atoms with Crippen LogP contribution in [0, 0.1) is 11.8 Å². The molecule has 8 heteroatoms. The third kappa shape index (κ3) is 3.65. The average molecular weight is 513 g/mol. The number of hydrogen-bond acceptors (Lipinski definition) is 6. The summed E-state index contributed by atoms with van der Waals surface area (Å²) in [5, 5.41) is 0.491. The van der Waals surface area contributed by atoms with Crippen LogP contribution in [-0.2, 0) is 14.4 Å². The Labute approximate surface area is 217 Å². The Bertz CT molecular complexity index is 1480. The van der Waals surface area contributed by atoms with Crippen molar-refractivity contribution >= 4 is 46.9 Å². The fraction of sp³-hybridized carbons (Fsp3) is 0.172. The molecule has 0 saturated carbocycles. The van der Waals surface area contributed by atoms with E-state index < -0.39 is 35.8 Å². The Morgan fingerprint density at radius 1 is 0.865 bits per heavy atom. The van der Waals surface area contributed by atoms with Gasteiger partial charge in [-0.05, 0) is 65.7 Å². The van der Waals surface area contributed by atoms with Crippen LogP contribution in [0.3, 0.4) is 0 Å². The monoisotopic (exact) mass is 512 g/mol. The Kier molecular flexibility index (Phi) is 5.46. The van der Waals surface area contributed by atoms with Gasteiger partial charge in [-0.3, -0.25) is 19.2 Å². The van der Waals surface area contributed by atoms with Gasteiger partial charge in [0.1, 0.15) is 11.8 Å². The molecule has 3 aromatic carbocycles. The summed E-state index contributed by atoms with van der Waals surface area (Å²) >= 11 is 6.03. The first-order chi connectivity index (χ1) is 17.8. The van der Waals surface area contributed by atoms with Crippen LogP contribution < -0.4 is 9.64 Å². The van der Waals surface area contributed by atoms with E-state index in [9.17, 15) is 19.2 Å². The molecule has 2 fully saturated rings. The molecule has 6 rings (SSSR count). The van der Waals surface area contributed by atoms with Crippen LogP contribution in [0.5, 0.6) is 5.75 Å². The van der Waals surface area contributed by atoms with Gasteiger partial charge in [0, 0.05) is 23.7 Å². The minimum atomic E-state index is -0.882. The summed E-state index contributed by atoms with van der Waals surface area (Å²) in [6, 6.07) is 19.1. The minimum absolute atomic E-state index is 0.282. The van der Waals surface area contributed by atoms with E-state index >= 15 is 0 Å². The van der Waals surface area contributed by atoms with Crippen molar-refractivity contribution in [2.75, 3.05) is 4.90 Å². The molecule has 4 atom stereocenters. The number of Topliss-reactive ketones (excluding diaryl/α,β-unsaturated/α-hetero) is 1. The highest BCUT2D eigenvalue weighted by Crippen LogP contribution is 2.53. The first-order valence-electron chi connectivity index (χ1n) is 11.9. The predicted octanol–water partition coefficient (Wildman–Crippen LogP) is 4.66. The highest BCUT2D eigenvalue weighted by Gasteiger charge is 2.64. The van der Waals surface area contributed by atoms with Crippen LogP contribution in [0.15, 0.2) is 79.0 Å². The molecule has 3 aliphatic rings. The van der Waals surface area contributed by atoms with Crippen molar-refractivity contribution in [1.29, 1.82) is 0 Å². The third-order valence-electron chi connectivity index (χ3n) is 7.22. The van der Waals surface area contributed by atoms with E-state index in [-0.39, 0.29) is 11.7 Å². The van der Waals surface area contributed by atoms with Crippen molar-refractivity contribution in [2.24, 2.45) is 11.8 Å². The molecule has 184 valence electrons. The first kappa shape index (κ1) is 23.2. The molecule has 37 heavy (non-hydrogen) atoms. The van der Waals surface area contributed by atoms with Crippen molar-refractivity contribution in [3.05, 3.63) is 101 Å². The number of hydrogen-bond donors (Lipinski definition) is 0. The number of rotatable bonds is 4. The Morgan fingerprint density at radius 2 is 1.54 bits per heavy atom. The summed E-state index contributed by atoms with van der Waals surface area (Å²) < 4.78 is 5.08. The van der Waals surface area contributed by atoms with Crippen molar-refractivity contribution in [3.63, 3.8) is 0 Å². The highest BCUT2D eigenvalue weighted by molar-refractivity contribution is 6.31. The Balaban J connectivity index is 1.44. The quantitative estimate of drug-likeness (QED) is 0.219. The maximum absolute atomic E-state index is 13.9. The van der Waals surface area contributed by atoms with E-state index in [0.717, 1.165) is 11.1 Å². The molecule has 0 aromatic heterocycles. The maximum Gasteiger partial charge on any atom is 0.308 e. The number of nitrogens with zero attached hydrogens (tertiary/aromatic N) is 2. The predicted molar refractivity (Wildman–Crippen MR) is 137 cm³/mol. The molecule has 0 spiro atoms. The number of amides is 2. The smallest absolute Gasteiger partial charge is 0.308 e. The summed E-state index contributed by atoms with van der Waals surface area (Å²) in [5.74, 6) is -2.78. The molecule has 7 nitrogen and oxygen atoms in total. The fourth-order valence-corrected chi connectivity index (χ4v) is 5.85. The zero-order valence-corrected chi connectivity index (χ0v) is 20.5. The number of fused-ring (bicyclic) bond motifs is 5. The molecule has 0 N–H and O–H groups in total. The van der Waals surface area contributed by atoms with E-state index in [0.29, 0.717) is 22.0 Å². The highest BCUT2D eigenvalue weighted by atomic mass is 35.5. The van der Waals surface area contributed by atoms with Crippen LogP contribution in [0.2, 0.25) is 5.02 Å². The molecule has 3 heterocycles. The molecule has 2 saturated heterocycles. The number of ketones is 1. The average Bonchev–Trinajstić information content (AvgIpc) is 3.37.